The smallest absolute Gasteiger partial charge is 0.283 e. The number of hydrogen-bond acceptors (Lipinski definition) is 3. The molecule has 0 unspecified atom stereocenters. The number of nitro benzene ring substituents is 1. The standard InChI is InChI=1S/C9H12BrNO3Si/c1-15(2,3)14-7-4-5-9(11(12)13)8(10)6-7/h4-6H,1-3H3. The van der Waals surface area contributed by atoms with Crippen molar-refractivity contribution in [3.8, 4) is 5.75 Å². The van der Waals surface area contributed by atoms with Crippen molar-refractivity contribution in [3.05, 3.63) is 32.8 Å². The summed E-state index contributed by atoms with van der Waals surface area (Å²) in [6.07, 6.45) is 0. The number of benzene rings is 1. The summed E-state index contributed by atoms with van der Waals surface area (Å²) in [4.78, 5) is 10.1. The molecule has 0 radical (unpaired) electrons. The number of nitro groups is 1. The minimum atomic E-state index is -1.66. The van der Waals surface area contributed by atoms with Gasteiger partial charge in [0, 0.05) is 6.07 Å². The summed E-state index contributed by atoms with van der Waals surface area (Å²) in [5.74, 6) is 0.673. The number of halogens is 1. The van der Waals surface area contributed by atoms with Gasteiger partial charge in [-0.05, 0) is 47.7 Å². The van der Waals surface area contributed by atoms with E-state index in [2.05, 4.69) is 35.6 Å². The van der Waals surface area contributed by atoms with Crippen molar-refractivity contribution in [1.82, 2.24) is 0 Å². The van der Waals surface area contributed by atoms with Gasteiger partial charge in [0.1, 0.15) is 5.75 Å². The number of hydrogen-bond donors (Lipinski definition) is 0. The zero-order chi connectivity index (χ0) is 11.6. The van der Waals surface area contributed by atoms with Crippen LogP contribution < -0.4 is 4.43 Å². The Morgan fingerprint density at radius 3 is 2.40 bits per heavy atom. The van der Waals surface area contributed by atoms with Crippen molar-refractivity contribution in [2.24, 2.45) is 0 Å². The first-order valence-electron chi connectivity index (χ1n) is 4.42. The Kier molecular flexibility index (Phi) is 3.51. The summed E-state index contributed by atoms with van der Waals surface area (Å²) < 4.78 is 6.15. The minimum Gasteiger partial charge on any atom is -0.544 e. The fraction of sp³-hybridized carbons (Fsp3) is 0.333. The number of rotatable bonds is 3. The molecule has 0 amide bonds. The zero-order valence-corrected chi connectivity index (χ0v) is 11.4. The van der Waals surface area contributed by atoms with Crippen molar-refractivity contribution in [1.29, 1.82) is 0 Å². The second-order valence-electron chi connectivity index (χ2n) is 4.08. The van der Waals surface area contributed by atoms with E-state index in [0.29, 0.717) is 10.2 Å². The third-order valence-electron chi connectivity index (χ3n) is 1.54. The van der Waals surface area contributed by atoms with Crippen LogP contribution in [0.4, 0.5) is 5.69 Å². The quantitative estimate of drug-likeness (QED) is 0.486. The lowest BCUT2D eigenvalue weighted by Crippen LogP contribution is -2.29. The third kappa shape index (κ3) is 3.64. The minimum absolute atomic E-state index is 0.0536. The molecule has 0 N–H and O–H groups in total. The van der Waals surface area contributed by atoms with Crippen molar-refractivity contribution >= 4 is 29.9 Å². The van der Waals surface area contributed by atoms with Crippen molar-refractivity contribution in [2.75, 3.05) is 0 Å². The maximum Gasteiger partial charge on any atom is 0.283 e. The van der Waals surface area contributed by atoms with E-state index in [1.165, 1.54) is 6.07 Å². The average Bonchev–Trinajstić information content (AvgIpc) is 1.99. The van der Waals surface area contributed by atoms with Crippen LogP contribution in [0.1, 0.15) is 0 Å². The monoisotopic (exact) mass is 289 g/mol. The molecule has 0 saturated heterocycles. The Balaban J connectivity index is 2.97. The molecule has 0 fully saturated rings. The predicted molar refractivity (Wildman–Crippen MR) is 64.8 cm³/mol. The molecule has 4 nitrogen and oxygen atoms in total. The van der Waals surface area contributed by atoms with E-state index in [0.717, 1.165) is 0 Å². The van der Waals surface area contributed by atoms with Gasteiger partial charge in [-0.25, -0.2) is 0 Å². The first-order chi connectivity index (χ1) is 6.79. The van der Waals surface area contributed by atoms with Crippen LogP contribution in [0, 0.1) is 10.1 Å². The summed E-state index contributed by atoms with van der Waals surface area (Å²) in [7, 11) is -1.66. The topological polar surface area (TPSA) is 52.4 Å². The van der Waals surface area contributed by atoms with Crippen LogP contribution in [0.2, 0.25) is 19.6 Å². The maximum atomic E-state index is 10.6. The molecule has 0 bridgehead atoms. The van der Waals surface area contributed by atoms with E-state index in [1.807, 2.05) is 0 Å². The van der Waals surface area contributed by atoms with E-state index in [9.17, 15) is 10.1 Å². The van der Waals surface area contributed by atoms with E-state index in [-0.39, 0.29) is 5.69 Å². The van der Waals surface area contributed by atoms with Gasteiger partial charge in [0.05, 0.1) is 9.40 Å². The van der Waals surface area contributed by atoms with E-state index >= 15 is 0 Å². The molecular weight excluding hydrogens is 278 g/mol. The lowest BCUT2D eigenvalue weighted by Gasteiger charge is -2.19. The average molecular weight is 290 g/mol. The highest BCUT2D eigenvalue weighted by Gasteiger charge is 2.18. The summed E-state index contributed by atoms with van der Waals surface area (Å²) in [6, 6.07) is 4.71. The summed E-state index contributed by atoms with van der Waals surface area (Å²) in [5.41, 5.74) is 0.0536. The molecule has 0 atom stereocenters. The van der Waals surface area contributed by atoms with Crippen molar-refractivity contribution in [3.63, 3.8) is 0 Å². The molecule has 1 aromatic rings. The Morgan fingerprint density at radius 2 is 2.00 bits per heavy atom. The van der Waals surface area contributed by atoms with Gasteiger partial charge < -0.3 is 4.43 Å². The van der Waals surface area contributed by atoms with Crippen LogP contribution in [-0.4, -0.2) is 13.2 Å². The normalized spacial score (nSPS) is 11.2. The summed E-state index contributed by atoms with van der Waals surface area (Å²) >= 11 is 3.15. The molecule has 82 valence electrons. The molecule has 0 aliphatic rings. The van der Waals surface area contributed by atoms with Crippen LogP contribution in [0.15, 0.2) is 22.7 Å². The summed E-state index contributed by atoms with van der Waals surface area (Å²) in [5, 5.41) is 10.6. The van der Waals surface area contributed by atoms with Crippen molar-refractivity contribution < 1.29 is 9.35 Å². The largest absolute Gasteiger partial charge is 0.544 e. The van der Waals surface area contributed by atoms with Crippen molar-refractivity contribution in [2.45, 2.75) is 19.6 Å². The van der Waals surface area contributed by atoms with Gasteiger partial charge >= 0.3 is 0 Å². The predicted octanol–water partition coefficient (Wildman–Crippen LogP) is 3.57. The fourth-order valence-electron chi connectivity index (χ4n) is 1.05. The van der Waals surface area contributed by atoms with Crippen LogP contribution >= 0.6 is 15.9 Å². The van der Waals surface area contributed by atoms with Gasteiger partial charge in [-0.1, -0.05) is 0 Å². The summed E-state index contributed by atoms with van der Waals surface area (Å²) in [6.45, 7) is 6.17. The van der Waals surface area contributed by atoms with Gasteiger partial charge in [-0.2, -0.15) is 0 Å². The second-order valence-corrected chi connectivity index (χ2v) is 9.37. The Bertz CT molecular complexity index is 389. The first kappa shape index (κ1) is 12.2. The van der Waals surface area contributed by atoms with Gasteiger partial charge in [-0.15, -0.1) is 0 Å². The molecule has 0 saturated carbocycles. The lowest BCUT2D eigenvalue weighted by atomic mass is 10.3. The Labute approximate surface area is 97.7 Å². The Morgan fingerprint density at radius 1 is 1.40 bits per heavy atom. The molecule has 0 aromatic heterocycles. The maximum absolute atomic E-state index is 10.6. The lowest BCUT2D eigenvalue weighted by molar-refractivity contribution is -0.385. The zero-order valence-electron chi connectivity index (χ0n) is 8.78. The molecule has 15 heavy (non-hydrogen) atoms. The van der Waals surface area contributed by atoms with Crippen LogP contribution in [0.25, 0.3) is 0 Å². The fourth-order valence-corrected chi connectivity index (χ4v) is 2.39. The molecule has 0 heterocycles. The van der Waals surface area contributed by atoms with E-state index in [4.69, 9.17) is 4.43 Å². The molecule has 1 rings (SSSR count). The highest BCUT2D eigenvalue weighted by molar-refractivity contribution is 9.10. The Hall–Kier alpha value is -0.883. The van der Waals surface area contributed by atoms with E-state index < -0.39 is 13.2 Å². The third-order valence-corrected chi connectivity index (χ3v) is 3.02. The molecule has 1 aromatic carbocycles. The number of nitrogens with zero attached hydrogens (tertiary/aromatic N) is 1. The highest BCUT2D eigenvalue weighted by Crippen LogP contribution is 2.29. The molecule has 0 aliphatic heterocycles. The van der Waals surface area contributed by atoms with E-state index in [1.54, 1.807) is 12.1 Å². The molecule has 0 spiro atoms. The molecular formula is C9H12BrNO3Si. The van der Waals surface area contributed by atoms with Gasteiger partial charge in [0.15, 0.2) is 0 Å². The molecule has 0 aliphatic carbocycles. The van der Waals surface area contributed by atoms with Gasteiger partial charge in [0.2, 0.25) is 8.32 Å². The van der Waals surface area contributed by atoms with Gasteiger partial charge in [0.25, 0.3) is 5.69 Å². The van der Waals surface area contributed by atoms with Crippen LogP contribution in [0.5, 0.6) is 5.75 Å². The first-order valence-corrected chi connectivity index (χ1v) is 8.63. The SMILES string of the molecule is C[Si](C)(C)Oc1ccc([N+](=O)[O-])c(Br)c1. The highest BCUT2D eigenvalue weighted by atomic mass is 79.9. The second kappa shape index (κ2) is 4.32. The molecule has 6 heteroatoms. The van der Waals surface area contributed by atoms with Crippen LogP contribution in [-0.2, 0) is 0 Å². The van der Waals surface area contributed by atoms with Crippen LogP contribution in [0.3, 0.4) is 0 Å². The van der Waals surface area contributed by atoms with Gasteiger partial charge in [-0.3, -0.25) is 10.1 Å².